The van der Waals surface area contributed by atoms with Crippen LogP contribution in [0.5, 0.6) is 0 Å². The van der Waals surface area contributed by atoms with Crippen molar-refractivity contribution >= 4 is 10.8 Å². The monoisotopic (exact) mass is 259 g/mol. The molecule has 0 aromatic heterocycles. The molecule has 0 amide bonds. The molecule has 0 spiro atoms. The molecule has 1 fully saturated rings. The summed E-state index contributed by atoms with van der Waals surface area (Å²) in [6, 6.07) is 0.472. The van der Waals surface area contributed by atoms with Gasteiger partial charge in [-0.1, -0.05) is 34.6 Å². The normalized spacial score (nSPS) is 32.4. The summed E-state index contributed by atoms with van der Waals surface area (Å²) in [5.41, 5.74) is 0.355. The van der Waals surface area contributed by atoms with Crippen LogP contribution in [-0.2, 0) is 10.8 Å². The molecule has 1 aliphatic carbocycles. The molecule has 0 radical (unpaired) electrons. The minimum absolute atomic E-state index is 0.355. The molecular weight excluding hydrogens is 230 g/mol. The zero-order valence-electron chi connectivity index (χ0n) is 12.1. The van der Waals surface area contributed by atoms with Crippen molar-refractivity contribution in [1.82, 2.24) is 5.32 Å². The molecule has 1 N–H and O–H groups in total. The fourth-order valence-electron chi connectivity index (χ4n) is 2.92. The molecule has 2 nitrogen and oxygen atoms in total. The number of rotatable bonds is 4. The number of nitrogens with one attached hydrogen (secondary N) is 1. The van der Waals surface area contributed by atoms with E-state index < -0.39 is 10.8 Å². The molecule has 102 valence electrons. The lowest BCUT2D eigenvalue weighted by Gasteiger charge is -2.41. The Morgan fingerprint density at radius 3 is 2.35 bits per heavy atom. The van der Waals surface area contributed by atoms with Crippen LogP contribution in [0.15, 0.2) is 0 Å². The Morgan fingerprint density at radius 2 is 1.88 bits per heavy atom. The van der Waals surface area contributed by atoms with Gasteiger partial charge in [-0.2, -0.15) is 0 Å². The van der Waals surface area contributed by atoms with Crippen molar-refractivity contribution in [3.8, 4) is 0 Å². The fourth-order valence-corrected chi connectivity index (χ4v) is 4.39. The molecule has 0 heterocycles. The highest BCUT2D eigenvalue weighted by molar-refractivity contribution is 7.85. The minimum atomic E-state index is -0.663. The predicted molar refractivity (Wildman–Crippen MR) is 76.7 cm³/mol. The van der Waals surface area contributed by atoms with Crippen molar-refractivity contribution in [3.63, 3.8) is 0 Å². The van der Waals surface area contributed by atoms with Gasteiger partial charge < -0.3 is 5.32 Å². The highest BCUT2D eigenvalue weighted by Crippen LogP contribution is 2.39. The first-order valence-corrected chi connectivity index (χ1v) is 8.38. The topological polar surface area (TPSA) is 29.1 Å². The average Bonchev–Trinajstić information content (AvgIpc) is 2.27. The van der Waals surface area contributed by atoms with Gasteiger partial charge in [0, 0.05) is 22.6 Å². The van der Waals surface area contributed by atoms with Crippen LogP contribution < -0.4 is 5.32 Å². The largest absolute Gasteiger partial charge is 0.313 e. The molecule has 17 heavy (non-hydrogen) atoms. The van der Waals surface area contributed by atoms with Gasteiger partial charge in [0.15, 0.2) is 0 Å². The Balaban J connectivity index is 2.73. The summed E-state index contributed by atoms with van der Waals surface area (Å²) < 4.78 is 12.2. The van der Waals surface area contributed by atoms with Gasteiger partial charge in [-0.3, -0.25) is 4.21 Å². The molecule has 4 atom stereocenters. The minimum Gasteiger partial charge on any atom is -0.313 e. The SMILES string of the molecule is CCNC1CCC(C(C)(C)C)CC1S(=O)CC. The van der Waals surface area contributed by atoms with Crippen molar-refractivity contribution in [2.24, 2.45) is 11.3 Å². The Morgan fingerprint density at radius 1 is 1.24 bits per heavy atom. The van der Waals surface area contributed by atoms with Gasteiger partial charge in [-0.25, -0.2) is 0 Å². The van der Waals surface area contributed by atoms with Crippen LogP contribution >= 0.6 is 0 Å². The molecule has 1 aliphatic rings. The third-order valence-electron chi connectivity index (χ3n) is 4.10. The zero-order valence-corrected chi connectivity index (χ0v) is 12.9. The molecule has 0 aromatic carbocycles. The summed E-state index contributed by atoms with van der Waals surface area (Å²) in [6.45, 7) is 12.1. The lowest BCUT2D eigenvalue weighted by molar-refractivity contribution is 0.164. The summed E-state index contributed by atoms with van der Waals surface area (Å²) in [5.74, 6) is 1.52. The summed E-state index contributed by atoms with van der Waals surface area (Å²) in [7, 11) is -0.663. The number of hydrogen-bond donors (Lipinski definition) is 1. The molecule has 0 bridgehead atoms. The van der Waals surface area contributed by atoms with E-state index in [1.807, 2.05) is 6.92 Å². The fraction of sp³-hybridized carbons (Fsp3) is 1.00. The van der Waals surface area contributed by atoms with Crippen LogP contribution in [0.3, 0.4) is 0 Å². The van der Waals surface area contributed by atoms with E-state index >= 15 is 0 Å². The van der Waals surface area contributed by atoms with E-state index in [-0.39, 0.29) is 0 Å². The lowest BCUT2D eigenvalue weighted by Crippen LogP contribution is -2.48. The summed E-state index contributed by atoms with van der Waals surface area (Å²) in [5, 5.41) is 3.89. The third kappa shape index (κ3) is 4.06. The van der Waals surface area contributed by atoms with Crippen LogP contribution in [0, 0.1) is 11.3 Å². The molecule has 0 aliphatic heterocycles. The lowest BCUT2D eigenvalue weighted by atomic mass is 9.71. The first-order valence-electron chi connectivity index (χ1n) is 7.00. The standard InChI is InChI=1S/C14H29NOS/c1-6-15-12-9-8-11(14(3,4)5)10-13(12)17(16)7-2/h11-13,15H,6-10H2,1-5H3. The smallest absolute Gasteiger partial charge is 0.0503 e. The molecule has 3 heteroatoms. The van der Waals surface area contributed by atoms with Crippen LogP contribution in [0.25, 0.3) is 0 Å². The van der Waals surface area contributed by atoms with Crippen LogP contribution in [0.2, 0.25) is 0 Å². The molecule has 1 rings (SSSR count). The van der Waals surface area contributed by atoms with E-state index in [4.69, 9.17) is 0 Å². The summed E-state index contributed by atoms with van der Waals surface area (Å²) >= 11 is 0. The second kappa shape index (κ2) is 6.33. The Labute approximate surface area is 109 Å². The van der Waals surface area contributed by atoms with Crippen molar-refractivity contribution in [3.05, 3.63) is 0 Å². The van der Waals surface area contributed by atoms with Gasteiger partial charge in [0.1, 0.15) is 0 Å². The van der Waals surface area contributed by atoms with Gasteiger partial charge in [0.05, 0.1) is 5.25 Å². The van der Waals surface area contributed by atoms with E-state index in [1.165, 1.54) is 12.8 Å². The Kier molecular flexibility index (Phi) is 5.65. The second-order valence-electron chi connectivity index (χ2n) is 6.25. The van der Waals surface area contributed by atoms with E-state index in [0.29, 0.717) is 16.7 Å². The van der Waals surface area contributed by atoms with E-state index in [2.05, 4.69) is 33.0 Å². The maximum Gasteiger partial charge on any atom is 0.0503 e. The Hall–Kier alpha value is 0.110. The van der Waals surface area contributed by atoms with E-state index in [0.717, 1.165) is 24.6 Å². The zero-order chi connectivity index (χ0) is 13.1. The van der Waals surface area contributed by atoms with Gasteiger partial charge >= 0.3 is 0 Å². The molecular formula is C14H29NOS. The molecule has 0 saturated heterocycles. The van der Waals surface area contributed by atoms with Gasteiger partial charge in [0.2, 0.25) is 0 Å². The van der Waals surface area contributed by atoms with E-state index in [1.54, 1.807) is 0 Å². The first-order chi connectivity index (χ1) is 7.90. The molecule has 0 aromatic rings. The van der Waals surface area contributed by atoms with E-state index in [9.17, 15) is 4.21 Å². The van der Waals surface area contributed by atoms with Gasteiger partial charge in [-0.15, -0.1) is 0 Å². The highest BCUT2D eigenvalue weighted by atomic mass is 32.2. The van der Waals surface area contributed by atoms with Crippen molar-refractivity contribution in [2.75, 3.05) is 12.3 Å². The number of hydrogen-bond acceptors (Lipinski definition) is 2. The predicted octanol–water partition coefficient (Wildman–Crippen LogP) is 2.95. The maximum absolute atomic E-state index is 12.2. The summed E-state index contributed by atoms with van der Waals surface area (Å²) in [6.07, 6.45) is 3.59. The second-order valence-corrected chi connectivity index (χ2v) is 8.19. The average molecular weight is 259 g/mol. The van der Waals surface area contributed by atoms with Crippen molar-refractivity contribution in [2.45, 2.75) is 65.2 Å². The van der Waals surface area contributed by atoms with Crippen LogP contribution in [0.4, 0.5) is 0 Å². The summed E-state index contributed by atoms with van der Waals surface area (Å²) in [4.78, 5) is 0. The van der Waals surface area contributed by atoms with Crippen LogP contribution in [0.1, 0.15) is 53.9 Å². The van der Waals surface area contributed by atoms with Gasteiger partial charge in [0.25, 0.3) is 0 Å². The van der Waals surface area contributed by atoms with Gasteiger partial charge in [-0.05, 0) is 37.1 Å². The Bertz CT molecular complexity index is 259. The van der Waals surface area contributed by atoms with Crippen molar-refractivity contribution in [1.29, 1.82) is 0 Å². The molecule has 1 saturated carbocycles. The molecule has 4 unspecified atom stereocenters. The quantitative estimate of drug-likeness (QED) is 0.841. The highest BCUT2D eigenvalue weighted by Gasteiger charge is 2.37. The maximum atomic E-state index is 12.2. The van der Waals surface area contributed by atoms with Crippen LogP contribution in [-0.4, -0.2) is 27.8 Å². The third-order valence-corrected chi connectivity index (χ3v) is 5.87. The van der Waals surface area contributed by atoms with Crippen molar-refractivity contribution < 1.29 is 4.21 Å². The first kappa shape index (κ1) is 15.2.